The first-order valence-corrected chi connectivity index (χ1v) is 4.40. The number of ketones is 1. The number of carbonyl (C=O) groups is 1. The highest BCUT2D eigenvalue weighted by Gasteiger charge is 2.34. The van der Waals surface area contributed by atoms with Crippen molar-refractivity contribution in [2.75, 3.05) is 0 Å². The zero-order valence-electron chi connectivity index (χ0n) is 8.64. The van der Waals surface area contributed by atoms with Gasteiger partial charge in [0.2, 0.25) is 0 Å². The fourth-order valence-corrected chi connectivity index (χ4v) is 1.41. The van der Waals surface area contributed by atoms with Gasteiger partial charge in [-0.1, -0.05) is 0 Å². The Hall–Kier alpha value is -1.83. The van der Waals surface area contributed by atoms with E-state index in [1.54, 1.807) is 0 Å². The molecular weight excluding hydrogens is 219 g/mol. The Morgan fingerprint density at radius 3 is 2.31 bits per heavy atom. The van der Waals surface area contributed by atoms with Gasteiger partial charge in [-0.05, 0) is 31.5 Å². The van der Waals surface area contributed by atoms with E-state index in [1.807, 2.05) is 0 Å². The fourth-order valence-electron chi connectivity index (χ4n) is 1.41. The molecule has 84 valence electrons. The van der Waals surface area contributed by atoms with Crippen molar-refractivity contribution in [3.05, 3.63) is 34.4 Å². The maximum Gasteiger partial charge on any atom is 0.417 e. The van der Waals surface area contributed by atoms with Gasteiger partial charge < -0.3 is 0 Å². The molecule has 16 heavy (non-hydrogen) atoms. The number of halogens is 3. The predicted molar refractivity (Wildman–Crippen MR) is 50.9 cm³/mol. The number of rotatable bonds is 1. The maximum atomic E-state index is 12.5. The third-order valence-corrected chi connectivity index (χ3v) is 2.17. The lowest BCUT2D eigenvalue weighted by Gasteiger charge is -2.11. The Kier molecular flexibility index (Phi) is 3.04. The number of benzene rings is 1. The van der Waals surface area contributed by atoms with Crippen molar-refractivity contribution >= 4 is 5.78 Å². The predicted octanol–water partition coefficient (Wildman–Crippen LogP) is 3.09. The highest BCUT2D eigenvalue weighted by atomic mass is 19.4. The summed E-state index contributed by atoms with van der Waals surface area (Å²) in [5.41, 5.74) is -1.16. The number of hydrogen-bond donors (Lipinski definition) is 0. The molecule has 0 aliphatic rings. The molecule has 0 fully saturated rings. The first-order valence-electron chi connectivity index (χ1n) is 4.40. The number of carbonyl (C=O) groups excluding carboxylic acids is 1. The van der Waals surface area contributed by atoms with Crippen LogP contribution >= 0.6 is 0 Å². The molecule has 0 aliphatic carbocycles. The van der Waals surface area contributed by atoms with Crippen molar-refractivity contribution in [3.8, 4) is 6.07 Å². The molecule has 0 amide bonds. The van der Waals surface area contributed by atoms with Crippen LogP contribution in [0.25, 0.3) is 0 Å². The minimum atomic E-state index is -4.62. The van der Waals surface area contributed by atoms with Gasteiger partial charge in [-0.15, -0.1) is 0 Å². The van der Waals surface area contributed by atoms with Crippen molar-refractivity contribution < 1.29 is 18.0 Å². The topological polar surface area (TPSA) is 40.9 Å². The van der Waals surface area contributed by atoms with Gasteiger partial charge in [-0.2, -0.15) is 18.4 Å². The number of nitrogens with zero attached hydrogens (tertiary/aromatic N) is 1. The molecule has 0 spiro atoms. The van der Waals surface area contributed by atoms with Crippen LogP contribution in [0, 0.1) is 18.3 Å². The van der Waals surface area contributed by atoms with E-state index in [9.17, 15) is 18.0 Å². The van der Waals surface area contributed by atoms with Crippen molar-refractivity contribution in [1.82, 2.24) is 0 Å². The van der Waals surface area contributed by atoms with Gasteiger partial charge in [-0.25, -0.2) is 0 Å². The Balaban J connectivity index is 3.55. The normalized spacial score (nSPS) is 11.0. The molecule has 0 heterocycles. The summed E-state index contributed by atoms with van der Waals surface area (Å²) < 4.78 is 37.6. The second-order valence-electron chi connectivity index (χ2n) is 3.38. The van der Waals surface area contributed by atoms with E-state index in [1.165, 1.54) is 19.9 Å². The van der Waals surface area contributed by atoms with Crippen LogP contribution in [0.4, 0.5) is 13.2 Å². The van der Waals surface area contributed by atoms with Crippen LogP contribution in [0.2, 0.25) is 0 Å². The Labute approximate surface area is 90.3 Å². The summed E-state index contributed by atoms with van der Waals surface area (Å²) in [4.78, 5) is 11.1. The molecular formula is C11H8F3NO. The third-order valence-electron chi connectivity index (χ3n) is 2.17. The van der Waals surface area contributed by atoms with Crippen LogP contribution < -0.4 is 0 Å². The van der Waals surface area contributed by atoms with Gasteiger partial charge in [0.1, 0.15) is 0 Å². The van der Waals surface area contributed by atoms with Gasteiger partial charge in [0.05, 0.1) is 17.2 Å². The quantitative estimate of drug-likeness (QED) is 0.691. The summed E-state index contributed by atoms with van der Waals surface area (Å²) in [6, 6.07) is 3.29. The third kappa shape index (κ3) is 2.22. The average molecular weight is 227 g/mol. The van der Waals surface area contributed by atoms with Gasteiger partial charge in [0.15, 0.2) is 5.78 Å². The second kappa shape index (κ2) is 3.97. The van der Waals surface area contributed by atoms with Gasteiger partial charge in [0, 0.05) is 5.56 Å². The van der Waals surface area contributed by atoms with E-state index in [0.717, 1.165) is 12.1 Å². The van der Waals surface area contributed by atoms with Crippen molar-refractivity contribution in [1.29, 1.82) is 5.26 Å². The Morgan fingerprint density at radius 2 is 1.94 bits per heavy atom. The van der Waals surface area contributed by atoms with Gasteiger partial charge in [0.25, 0.3) is 0 Å². The molecule has 0 atom stereocenters. The largest absolute Gasteiger partial charge is 0.417 e. The highest BCUT2D eigenvalue weighted by molar-refractivity contribution is 5.96. The molecule has 1 aromatic rings. The van der Waals surface area contributed by atoms with E-state index >= 15 is 0 Å². The number of nitriles is 1. The summed E-state index contributed by atoms with van der Waals surface area (Å²) in [5.74, 6) is -0.451. The highest BCUT2D eigenvalue weighted by Crippen LogP contribution is 2.33. The number of aryl methyl sites for hydroxylation is 1. The van der Waals surface area contributed by atoms with Gasteiger partial charge in [-0.3, -0.25) is 4.79 Å². The van der Waals surface area contributed by atoms with Crippen molar-refractivity contribution in [2.24, 2.45) is 0 Å². The standard InChI is InChI=1S/C11H8F3NO/c1-6-3-8(5-15)10(11(12,13)14)4-9(6)7(2)16/h3-4H,1-2H3. The zero-order chi connectivity index (χ0) is 12.5. The monoisotopic (exact) mass is 227 g/mol. The fraction of sp³-hybridized carbons (Fsp3) is 0.273. The van der Waals surface area contributed by atoms with E-state index in [-0.39, 0.29) is 5.56 Å². The van der Waals surface area contributed by atoms with E-state index in [0.29, 0.717) is 5.56 Å². The van der Waals surface area contributed by atoms with Crippen LogP contribution in [0.3, 0.4) is 0 Å². The minimum Gasteiger partial charge on any atom is -0.295 e. The number of alkyl halides is 3. The van der Waals surface area contributed by atoms with Gasteiger partial charge >= 0.3 is 6.18 Å². The molecule has 5 heteroatoms. The second-order valence-corrected chi connectivity index (χ2v) is 3.38. The van der Waals surface area contributed by atoms with E-state index < -0.39 is 23.1 Å². The number of hydrogen-bond acceptors (Lipinski definition) is 2. The molecule has 0 N–H and O–H groups in total. The zero-order valence-corrected chi connectivity index (χ0v) is 8.64. The molecule has 0 unspecified atom stereocenters. The minimum absolute atomic E-state index is 0.00803. The maximum absolute atomic E-state index is 12.5. The van der Waals surface area contributed by atoms with Crippen LogP contribution in [0.15, 0.2) is 12.1 Å². The first kappa shape index (κ1) is 12.2. The summed E-state index contributed by atoms with van der Waals surface area (Å²) in [5, 5.41) is 8.60. The molecule has 1 aromatic carbocycles. The first-order chi connectivity index (χ1) is 7.27. The van der Waals surface area contributed by atoms with Crippen LogP contribution in [-0.4, -0.2) is 5.78 Å². The Bertz CT molecular complexity index is 483. The molecule has 0 aromatic heterocycles. The Morgan fingerprint density at radius 1 is 1.38 bits per heavy atom. The molecule has 0 bridgehead atoms. The summed E-state index contributed by atoms with van der Waals surface area (Å²) in [6.45, 7) is 2.69. The molecule has 2 nitrogen and oxygen atoms in total. The summed E-state index contributed by atoms with van der Waals surface area (Å²) in [6.07, 6.45) is -4.62. The molecule has 0 aliphatic heterocycles. The lowest BCUT2D eigenvalue weighted by molar-refractivity contribution is -0.137. The molecule has 0 radical (unpaired) electrons. The lowest BCUT2D eigenvalue weighted by atomic mass is 9.97. The average Bonchev–Trinajstić information content (AvgIpc) is 2.14. The molecule has 0 saturated carbocycles. The number of Topliss-reactive ketones (excluding diaryl/α,β-unsaturated/α-hetero) is 1. The van der Waals surface area contributed by atoms with Crippen LogP contribution in [0.5, 0.6) is 0 Å². The SMILES string of the molecule is CC(=O)c1cc(C(F)(F)F)c(C#N)cc1C. The van der Waals surface area contributed by atoms with Crippen molar-refractivity contribution in [3.63, 3.8) is 0 Å². The summed E-state index contributed by atoms with van der Waals surface area (Å²) in [7, 11) is 0. The molecule has 0 saturated heterocycles. The van der Waals surface area contributed by atoms with Crippen LogP contribution in [0.1, 0.15) is 34.0 Å². The summed E-state index contributed by atoms with van der Waals surface area (Å²) >= 11 is 0. The van der Waals surface area contributed by atoms with E-state index in [4.69, 9.17) is 5.26 Å². The van der Waals surface area contributed by atoms with E-state index in [2.05, 4.69) is 0 Å². The van der Waals surface area contributed by atoms with Crippen molar-refractivity contribution in [2.45, 2.75) is 20.0 Å². The van der Waals surface area contributed by atoms with Crippen LogP contribution in [-0.2, 0) is 6.18 Å². The lowest BCUT2D eigenvalue weighted by Crippen LogP contribution is -2.10. The molecule has 1 rings (SSSR count). The smallest absolute Gasteiger partial charge is 0.295 e.